The van der Waals surface area contributed by atoms with Crippen molar-refractivity contribution in [2.45, 2.75) is 13.2 Å². The van der Waals surface area contributed by atoms with E-state index < -0.39 is 6.61 Å². The molecule has 0 bridgehead atoms. The molecule has 0 radical (unpaired) electrons. The average Bonchev–Trinajstić information content (AvgIpc) is 3.01. The van der Waals surface area contributed by atoms with Crippen molar-refractivity contribution in [2.75, 3.05) is 0 Å². The number of rotatable bonds is 5. The zero-order valence-corrected chi connectivity index (χ0v) is 12.6. The Bertz CT molecular complexity index is 794. The summed E-state index contributed by atoms with van der Waals surface area (Å²) in [5.74, 6) is -0.128. The third-order valence-electron chi connectivity index (χ3n) is 3.17. The topological polar surface area (TPSA) is 39.9 Å². The first kappa shape index (κ1) is 15.4. The van der Waals surface area contributed by atoms with Gasteiger partial charge in [-0.15, -0.1) is 0 Å². The standard InChI is InChI=1S/C16H12ClF2N3O/c17-13-3-1-2-12(7-13)14-6-11(9-22-5-4-20-10-22)8-21-15(14)23-16(18)19/h1-8,10,16H,9H2. The van der Waals surface area contributed by atoms with Gasteiger partial charge in [0.05, 0.1) is 12.9 Å². The molecular formula is C16H12ClF2N3O. The van der Waals surface area contributed by atoms with Crippen LogP contribution in [-0.2, 0) is 6.54 Å². The Morgan fingerprint density at radius 3 is 2.83 bits per heavy atom. The van der Waals surface area contributed by atoms with Gasteiger partial charge in [0.2, 0.25) is 5.88 Å². The van der Waals surface area contributed by atoms with E-state index in [1.807, 2.05) is 10.8 Å². The van der Waals surface area contributed by atoms with E-state index in [0.717, 1.165) is 5.56 Å². The zero-order valence-electron chi connectivity index (χ0n) is 11.9. The van der Waals surface area contributed by atoms with Gasteiger partial charge < -0.3 is 9.30 Å². The number of aromatic nitrogens is 3. The maximum atomic E-state index is 12.6. The second-order valence-electron chi connectivity index (χ2n) is 4.82. The molecule has 23 heavy (non-hydrogen) atoms. The molecular weight excluding hydrogens is 324 g/mol. The molecule has 0 saturated carbocycles. The minimum Gasteiger partial charge on any atom is -0.416 e. The lowest BCUT2D eigenvalue weighted by atomic mass is 10.1. The molecule has 4 nitrogen and oxygen atoms in total. The Kier molecular flexibility index (Phi) is 4.52. The number of ether oxygens (including phenoxy) is 1. The van der Waals surface area contributed by atoms with Gasteiger partial charge in [-0.1, -0.05) is 23.7 Å². The maximum Gasteiger partial charge on any atom is 0.388 e. The molecule has 0 unspecified atom stereocenters. The van der Waals surface area contributed by atoms with Crippen LogP contribution in [-0.4, -0.2) is 21.1 Å². The number of alkyl halides is 2. The van der Waals surface area contributed by atoms with Crippen LogP contribution in [0.1, 0.15) is 5.56 Å². The minimum atomic E-state index is -2.94. The summed E-state index contributed by atoms with van der Waals surface area (Å²) in [7, 11) is 0. The van der Waals surface area contributed by atoms with E-state index >= 15 is 0 Å². The summed E-state index contributed by atoms with van der Waals surface area (Å²) in [5, 5.41) is 0.505. The van der Waals surface area contributed by atoms with E-state index in [1.54, 1.807) is 42.9 Å². The van der Waals surface area contributed by atoms with Crippen molar-refractivity contribution in [3.05, 3.63) is 65.8 Å². The quantitative estimate of drug-likeness (QED) is 0.700. The summed E-state index contributed by atoms with van der Waals surface area (Å²) in [6.07, 6.45) is 6.65. The molecule has 3 aromatic rings. The fourth-order valence-corrected chi connectivity index (χ4v) is 2.40. The highest BCUT2D eigenvalue weighted by Gasteiger charge is 2.14. The van der Waals surface area contributed by atoms with E-state index in [2.05, 4.69) is 14.7 Å². The van der Waals surface area contributed by atoms with E-state index in [9.17, 15) is 8.78 Å². The van der Waals surface area contributed by atoms with E-state index in [-0.39, 0.29) is 5.88 Å². The van der Waals surface area contributed by atoms with Crippen LogP contribution in [0.5, 0.6) is 5.88 Å². The average molecular weight is 336 g/mol. The molecule has 1 aromatic carbocycles. The highest BCUT2D eigenvalue weighted by molar-refractivity contribution is 6.30. The Morgan fingerprint density at radius 2 is 2.13 bits per heavy atom. The number of imidazole rings is 1. The van der Waals surface area contributed by atoms with Crippen molar-refractivity contribution in [3.8, 4) is 17.0 Å². The highest BCUT2D eigenvalue weighted by Crippen LogP contribution is 2.31. The molecule has 2 heterocycles. The third-order valence-corrected chi connectivity index (χ3v) is 3.40. The molecule has 7 heteroatoms. The second-order valence-corrected chi connectivity index (χ2v) is 5.26. The van der Waals surface area contributed by atoms with Crippen molar-refractivity contribution in [3.63, 3.8) is 0 Å². The van der Waals surface area contributed by atoms with Gasteiger partial charge in [0.25, 0.3) is 0 Å². The Hall–Kier alpha value is -2.47. The van der Waals surface area contributed by atoms with E-state index in [0.29, 0.717) is 22.7 Å². The lowest BCUT2D eigenvalue weighted by Crippen LogP contribution is -2.06. The SMILES string of the molecule is FC(F)Oc1ncc(Cn2ccnc2)cc1-c1cccc(Cl)c1. The molecule has 0 fully saturated rings. The van der Waals surface area contributed by atoms with Crippen LogP contribution >= 0.6 is 11.6 Å². The Labute approximate surface area is 136 Å². The minimum absolute atomic E-state index is 0.128. The van der Waals surface area contributed by atoms with E-state index in [4.69, 9.17) is 11.6 Å². The number of hydrogen-bond donors (Lipinski definition) is 0. The molecule has 0 aliphatic heterocycles. The number of nitrogens with zero attached hydrogens (tertiary/aromatic N) is 3. The lowest BCUT2D eigenvalue weighted by molar-refractivity contribution is -0.0524. The van der Waals surface area contributed by atoms with Crippen LogP contribution in [0.25, 0.3) is 11.1 Å². The van der Waals surface area contributed by atoms with Crippen LogP contribution in [0.15, 0.2) is 55.2 Å². The fourth-order valence-electron chi connectivity index (χ4n) is 2.21. The molecule has 3 rings (SSSR count). The van der Waals surface area contributed by atoms with E-state index in [1.165, 1.54) is 6.20 Å². The van der Waals surface area contributed by atoms with Gasteiger partial charge in [-0.3, -0.25) is 0 Å². The number of benzene rings is 1. The fraction of sp³-hybridized carbons (Fsp3) is 0.125. The summed E-state index contributed by atoms with van der Waals surface area (Å²) in [6, 6.07) is 8.66. The number of halogens is 3. The molecule has 0 amide bonds. The van der Waals surface area contributed by atoms with Gasteiger partial charge in [-0.05, 0) is 29.3 Å². The highest BCUT2D eigenvalue weighted by atomic mass is 35.5. The van der Waals surface area contributed by atoms with Gasteiger partial charge in [-0.2, -0.15) is 8.78 Å². The van der Waals surface area contributed by atoms with Gasteiger partial charge in [-0.25, -0.2) is 9.97 Å². The van der Waals surface area contributed by atoms with Crippen molar-refractivity contribution >= 4 is 11.6 Å². The second kappa shape index (κ2) is 6.75. The monoisotopic (exact) mass is 335 g/mol. The first-order valence-electron chi connectivity index (χ1n) is 6.77. The molecule has 2 aromatic heterocycles. The largest absolute Gasteiger partial charge is 0.416 e. The van der Waals surface area contributed by atoms with Crippen LogP contribution in [0.2, 0.25) is 5.02 Å². The summed E-state index contributed by atoms with van der Waals surface area (Å²) < 4.78 is 31.6. The zero-order chi connectivity index (χ0) is 16.2. The van der Waals surface area contributed by atoms with Crippen molar-refractivity contribution in [1.82, 2.24) is 14.5 Å². The molecule has 0 saturated heterocycles. The molecule has 0 atom stereocenters. The first-order chi connectivity index (χ1) is 11.1. The van der Waals surface area contributed by atoms with Crippen LogP contribution in [0.4, 0.5) is 8.78 Å². The molecule has 0 N–H and O–H groups in total. The lowest BCUT2D eigenvalue weighted by Gasteiger charge is -2.12. The van der Waals surface area contributed by atoms with Crippen molar-refractivity contribution in [1.29, 1.82) is 0 Å². The predicted molar refractivity (Wildman–Crippen MR) is 82.6 cm³/mol. The molecule has 0 spiro atoms. The van der Waals surface area contributed by atoms with Gasteiger partial charge in [0.15, 0.2) is 0 Å². The summed E-state index contributed by atoms with van der Waals surface area (Å²) >= 11 is 5.99. The van der Waals surface area contributed by atoms with Gasteiger partial charge in [0.1, 0.15) is 0 Å². The maximum absolute atomic E-state index is 12.6. The molecule has 0 aliphatic rings. The third kappa shape index (κ3) is 3.84. The smallest absolute Gasteiger partial charge is 0.388 e. The van der Waals surface area contributed by atoms with Crippen LogP contribution in [0, 0.1) is 0 Å². The van der Waals surface area contributed by atoms with Crippen LogP contribution in [0.3, 0.4) is 0 Å². The summed E-state index contributed by atoms with van der Waals surface area (Å²) in [5.41, 5.74) is 1.96. The van der Waals surface area contributed by atoms with Gasteiger partial charge >= 0.3 is 6.61 Å². The number of pyridine rings is 1. The Balaban J connectivity index is 2.01. The molecule has 118 valence electrons. The first-order valence-corrected chi connectivity index (χ1v) is 7.15. The predicted octanol–water partition coefficient (Wildman–Crippen LogP) is 4.25. The van der Waals surface area contributed by atoms with Gasteiger partial charge in [0, 0.05) is 29.2 Å². The normalized spacial score (nSPS) is 11.0. The van der Waals surface area contributed by atoms with Crippen molar-refractivity contribution < 1.29 is 13.5 Å². The molecule has 0 aliphatic carbocycles. The summed E-state index contributed by atoms with van der Waals surface area (Å²) in [4.78, 5) is 8.00. The number of hydrogen-bond acceptors (Lipinski definition) is 3. The van der Waals surface area contributed by atoms with Crippen LogP contribution < -0.4 is 4.74 Å². The van der Waals surface area contributed by atoms with Crippen molar-refractivity contribution in [2.24, 2.45) is 0 Å². The summed E-state index contributed by atoms with van der Waals surface area (Å²) in [6.45, 7) is -2.42. The Morgan fingerprint density at radius 1 is 1.26 bits per heavy atom.